The van der Waals surface area contributed by atoms with Gasteiger partial charge in [-0.3, -0.25) is 0 Å². The van der Waals surface area contributed by atoms with Crippen molar-refractivity contribution in [2.24, 2.45) is 0 Å². The molecule has 0 aliphatic rings. The van der Waals surface area contributed by atoms with E-state index in [9.17, 15) is 4.39 Å². The first-order valence-corrected chi connectivity index (χ1v) is 6.41. The highest BCUT2D eigenvalue weighted by Crippen LogP contribution is 2.19. The molecule has 0 aromatic heterocycles. The van der Waals surface area contributed by atoms with Crippen molar-refractivity contribution in [3.05, 3.63) is 58.9 Å². The van der Waals surface area contributed by atoms with Crippen LogP contribution in [0.1, 0.15) is 5.56 Å². The molecule has 0 fully saturated rings. The second kappa shape index (κ2) is 6.43. The lowest BCUT2D eigenvalue weighted by Crippen LogP contribution is -2.11. The molecule has 2 aromatic rings. The van der Waals surface area contributed by atoms with Crippen LogP contribution in [0.15, 0.2) is 42.5 Å². The molecular formula is C15H15ClFNO. The van der Waals surface area contributed by atoms with Crippen LogP contribution < -0.4 is 10.1 Å². The molecule has 0 spiro atoms. The molecule has 100 valence electrons. The number of halogens is 2. The Labute approximate surface area is 117 Å². The van der Waals surface area contributed by atoms with Crippen LogP contribution in [0.3, 0.4) is 0 Å². The summed E-state index contributed by atoms with van der Waals surface area (Å²) in [5.74, 6) is 0.433. The lowest BCUT2D eigenvalue weighted by atomic mass is 10.2. The van der Waals surface area contributed by atoms with Crippen LogP contribution in [0.5, 0.6) is 5.75 Å². The van der Waals surface area contributed by atoms with E-state index in [1.54, 1.807) is 12.1 Å². The summed E-state index contributed by atoms with van der Waals surface area (Å²) in [5.41, 5.74) is 1.94. The Morgan fingerprint density at radius 3 is 2.79 bits per heavy atom. The van der Waals surface area contributed by atoms with E-state index in [-0.39, 0.29) is 5.02 Å². The van der Waals surface area contributed by atoms with E-state index >= 15 is 0 Å². The standard InChI is InChI=1S/C15H15ClFNO/c1-11-3-2-4-13(9-11)19-8-7-18-12-5-6-15(17)14(16)10-12/h2-6,9-10,18H,7-8H2,1H3. The zero-order valence-electron chi connectivity index (χ0n) is 10.6. The number of rotatable bonds is 5. The van der Waals surface area contributed by atoms with Crippen molar-refractivity contribution in [3.8, 4) is 5.75 Å². The fourth-order valence-corrected chi connectivity index (χ4v) is 1.86. The second-order valence-corrected chi connectivity index (χ2v) is 4.63. The molecule has 0 radical (unpaired) electrons. The highest BCUT2D eigenvalue weighted by Gasteiger charge is 2.00. The Morgan fingerprint density at radius 2 is 2.05 bits per heavy atom. The summed E-state index contributed by atoms with van der Waals surface area (Å²) in [6.45, 7) is 3.17. The fraction of sp³-hybridized carbons (Fsp3) is 0.200. The minimum Gasteiger partial charge on any atom is -0.492 e. The van der Waals surface area contributed by atoms with Gasteiger partial charge in [-0.25, -0.2) is 4.39 Å². The number of hydrogen-bond acceptors (Lipinski definition) is 2. The number of anilines is 1. The summed E-state index contributed by atoms with van der Waals surface area (Å²) in [6.07, 6.45) is 0. The summed E-state index contributed by atoms with van der Waals surface area (Å²) in [5, 5.41) is 3.24. The summed E-state index contributed by atoms with van der Waals surface area (Å²) in [6, 6.07) is 12.4. The molecule has 2 rings (SSSR count). The molecule has 0 aliphatic heterocycles. The second-order valence-electron chi connectivity index (χ2n) is 4.22. The maximum Gasteiger partial charge on any atom is 0.141 e. The van der Waals surface area contributed by atoms with Crippen molar-refractivity contribution in [3.63, 3.8) is 0 Å². The van der Waals surface area contributed by atoms with Gasteiger partial charge in [0.05, 0.1) is 5.02 Å². The van der Waals surface area contributed by atoms with Gasteiger partial charge in [-0.05, 0) is 42.8 Å². The SMILES string of the molecule is Cc1cccc(OCCNc2ccc(F)c(Cl)c2)c1. The Balaban J connectivity index is 1.79. The van der Waals surface area contributed by atoms with Gasteiger partial charge in [-0.15, -0.1) is 0 Å². The predicted molar refractivity (Wildman–Crippen MR) is 76.6 cm³/mol. The molecule has 2 aromatic carbocycles. The van der Waals surface area contributed by atoms with Crippen molar-refractivity contribution in [2.45, 2.75) is 6.92 Å². The van der Waals surface area contributed by atoms with E-state index in [0.29, 0.717) is 13.2 Å². The van der Waals surface area contributed by atoms with Gasteiger partial charge in [-0.1, -0.05) is 23.7 Å². The smallest absolute Gasteiger partial charge is 0.141 e. The van der Waals surface area contributed by atoms with E-state index in [4.69, 9.17) is 16.3 Å². The largest absolute Gasteiger partial charge is 0.492 e. The van der Waals surface area contributed by atoms with Gasteiger partial charge in [-0.2, -0.15) is 0 Å². The van der Waals surface area contributed by atoms with E-state index < -0.39 is 5.82 Å². The highest BCUT2D eigenvalue weighted by molar-refractivity contribution is 6.31. The molecule has 0 saturated heterocycles. The van der Waals surface area contributed by atoms with Crippen molar-refractivity contribution < 1.29 is 9.13 Å². The van der Waals surface area contributed by atoms with Crippen molar-refractivity contribution in [1.82, 2.24) is 0 Å². The molecule has 0 bridgehead atoms. The maximum atomic E-state index is 13.0. The van der Waals surface area contributed by atoms with Gasteiger partial charge in [0.25, 0.3) is 0 Å². The average molecular weight is 280 g/mol. The van der Waals surface area contributed by atoms with E-state index in [1.165, 1.54) is 6.07 Å². The Kier molecular flexibility index (Phi) is 4.63. The molecule has 0 saturated carbocycles. The Bertz CT molecular complexity index is 560. The molecular weight excluding hydrogens is 265 g/mol. The van der Waals surface area contributed by atoms with Crippen LogP contribution >= 0.6 is 11.6 Å². The average Bonchev–Trinajstić information content (AvgIpc) is 2.39. The van der Waals surface area contributed by atoms with Gasteiger partial charge in [0.2, 0.25) is 0 Å². The molecule has 1 N–H and O–H groups in total. The number of ether oxygens (including phenoxy) is 1. The van der Waals surface area contributed by atoms with Crippen LogP contribution in [0, 0.1) is 12.7 Å². The normalized spacial score (nSPS) is 10.3. The van der Waals surface area contributed by atoms with Crippen LogP contribution in [-0.2, 0) is 0 Å². The van der Waals surface area contributed by atoms with Gasteiger partial charge in [0, 0.05) is 12.2 Å². The quantitative estimate of drug-likeness (QED) is 0.825. The van der Waals surface area contributed by atoms with E-state index in [1.807, 2.05) is 31.2 Å². The summed E-state index contributed by atoms with van der Waals surface area (Å²) < 4.78 is 18.6. The minimum absolute atomic E-state index is 0.115. The zero-order valence-corrected chi connectivity index (χ0v) is 11.4. The molecule has 0 amide bonds. The first-order chi connectivity index (χ1) is 9.15. The molecule has 2 nitrogen and oxygen atoms in total. The monoisotopic (exact) mass is 279 g/mol. The Hall–Kier alpha value is -1.74. The predicted octanol–water partition coefficient (Wildman–Crippen LogP) is 4.28. The number of hydrogen-bond donors (Lipinski definition) is 1. The topological polar surface area (TPSA) is 21.3 Å². The first-order valence-electron chi connectivity index (χ1n) is 6.03. The fourth-order valence-electron chi connectivity index (χ4n) is 1.68. The maximum absolute atomic E-state index is 13.0. The number of aryl methyl sites for hydroxylation is 1. The number of benzene rings is 2. The highest BCUT2D eigenvalue weighted by atomic mass is 35.5. The molecule has 0 atom stereocenters. The molecule has 0 heterocycles. The third kappa shape index (κ3) is 4.14. The van der Waals surface area contributed by atoms with Crippen LogP contribution in [0.2, 0.25) is 5.02 Å². The zero-order chi connectivity index (χ0) is 13.7. The minimum atomic E-state index is -0.414. The van der Waals surface area contributed by atoms with Crippen molar-refractivity contribution in [1.29, 1.82) is 0 Å². The Morgan fingerprint density at radius 1 is 1.21 bits per heavy atom. The summed E-state index contributed by atoms with van der Waals surface area (Å²) in [7, 11) is 0. The lowest BCUT2D eigenvalue weighted by molar-refractivity contribution is 0.332. The summed E-state index contributed by atoms with van der Waals surface area (Å²) >= 11 is 5.69. The molecule has 0 unspecified atom stereocenters. The van der Waals surface area contributed by atoms with E-state index in [0.717, 1.165) is 17.0 Å². The van der Waals surface area contributed by atoms with Crippen LogP contribution in [0.4, 0.5) is 10.1 Å². The molecule has 4 heteroatoms. The van der Waals surface area contributed by atoms with Gasteiger partial charge >= 0.3 is 0 Å². The van der Waals surface area contributed by atoms with E-state index in [2.05, 4.69) is 5.32 Å². The lowest BCUT2D eigenvalue weighted by Gasteiger charge is -2.09. The molecule has 19 heavy (non-hydrogen) atoms. The number of nitrogens with one attached hydrogen (secondary N) is 1. The first kappa shape index (κ1) is 13.7. The molecule has 0 aliphatic carbocycles. The summed E-state index contributed by atoms with van der Waals surface area (Å²) in [4.78, 5) is 0. The van der Waals surface area contributed by atoms with Gasteiger partial charge in [0.1, 0.15) is 18.2 Å². The van der Waals surface area contributed by atoms with Crippen LogP contribution in [-0.4, -0.2) is 13.2 Å². The third-order valence-electron chi connectivity index (χ3n) is 2.61. The van der Waals surface area contributed by atoms with Crippen molar-refractivity contribution >= 4 is 17.3 Å². The van der Waals surface area contributed by atoms with Gasteiger partial charge in [0.15, 0.2) is 0 Å². The third-order valence-corrected chi connectivity index (χ3v) is 2.90. The van der Waals surface area contributed by atoms with Crippen molar-refractivity contribution in [2.75, 3.05) is 18.5 Å². The van der Waals surface area contributed by atoms with Gasteiger partial charge < -0.3 is 10.1 Å². The van der Waals surface area contributed by atoms with Crippen LogP contribution in [0.25, 0.3) is 0 Å².